The number of alkyl halides is 3. The summed E-state index contributed by atoms with van der Waals surface area (Å²) in [6.07, 6.45) is -4.49. The van der Waals surface area contributed by atoms with Crippen LogP contribution in [0.5, 0.6) is 0 Å². The Bertz CT molecular complexity index is 880. The zero-order valence-electron chi connectivity index (χ0n) is 14.6. The molecule has 0 aromatic heterocycles. The van der Waals surface area contributed by atoms with Gasteiger partial charge < -0.3 is 15.1 Å². The Morgan fingerprint density at radius 2 is 1.71 bits per heavy atom. The summed E-state index contributed by atoms with van der Waals surface area (Å²) in [4.78, 5) is 26.3. The van der Waals surface area contributed by atoms with Crippen molar-refractivity contribution < 1.29 is 22.9 Å². The van der Waals surface area contributed by atoms with E-state index in [2.05, 4.69) is 5.32 Å². The summed E-state index contributed by atoms with van der Waals surface area (Å²) >= 11 is 0. The van der Waals surface area contributed by atoms with E-state index in [-0.39, 0.29) is 24.5 Å². The fourth-order valence-electron chi connectivity index (χ4n) is 3.01. The molecule has 1 aliphatic rings. The van der Waals surface area contributed by atoms with Gasteiger partial charge in [0.25, 0.3) is 5.69 Å². The molecule has 7 nitrogen and oxygen atoms in total. The quantitative estimate of drug-likeness (QED) is 0.631. The number of nitrogens with one attached hydrogen (secondary N) is 1. The van der Waals surface area contributed by atoms with Gasteiger partial charge in [0.2, 0.25) is 0 Å². The number of rotatable bonds is 3. The summed E-state index contributed by atoms with van der Waals surface area (Å²) in [5.41, 5.74) is -0.317. The van der Waals surface area contributed by atoms with Gasteiger partial charge in [-0.25, -0.2) is 4.79 Å². The number of carbonyl (C=O) groups is 1. The van der Waals surface area contributed by atoms with E-state index in [1.54, 1.807) is 18.2 Å². The number of hydrogen-bond donors (Lipinski definition) is 1. The minimum atomic E-state index is -4.49. The maximum atomic E-state index is 12.8. The van der Waals surface area contributed by atoms with E-state index in [0.29, 0.717) is 18.8 Å². The molecule has 0 aliphatic carbocycles. The second kappa shape index (κ2) is 7.75. The summed E-state index contributed by atoms with van der Waals surface area (Å²) in [7, 11) is 0. The topological polar surface area (TPSA) is 78.7 Å². The first-order chi connectivity index (χ1) is 13.3. The fraction of sp³-hybridized carbons (Fsp3) is 0.278. The number of hydrogen-bond acceptors (Lipinski definition) is 4. The molecule has 0 radical (unpaired) electrons. The molecule has 10 heteroatoms. The molecule has 3 rings (SSSR count). The van der Waals surface area contributed by atoms with E-state index in [0.717, 1.165) is 12.1 Å². The van der Waals surface area contributed by atoms with Gasteiger partial charge >= 0.3 is 12.2 Å². The van der Waals surface area contributed by atoms with Gasteiger partial charge in [-0.1, -0.05) is 18.2 Å². The largest absolute Gasteiger partial charge is 0.416 e. The van der Waals surface area contributed by atoms with E-state index in [1.807, 2.05) is 4.90 Å². The molecular weight excluding hydrogens is 377 g/mol. The van der Waals surface area contributed by atoms with Gasteiger partial charge in [0.1, 0.15) is 5.69 Å². The molecule has 0 spiro atoms. The Labute approximate surface area is 158 Å². The first kappa shape index (κ1) is 19.5. The van der Waals surface area contributed by atoms with Crippen LogP contribution >= 0.6 is 0 Å². The number of benzene rings is 2. The van der Waals surface area contributed by atoms with Crippen LogP contribution in [0.4, 0.5) is 35.0 Å². The van der Waals surface area contributed by atoms with Gasteiger partial charge in [-0.15, -0.1) is 0 Å². The predicted molar refractivity (Wildman–Crippen MR) is 97.3 cm³/mol. The highest BCUT2D eigenvalue weighted by molar-refractivity contribution is 5.89. The van der Waals surface area contributed by atoms with Gasteiger partial charge in [-0.05, 0) is 24.3 Å². The summed E-state index contributed by atoms with van der Waals surface area (Å²) in [6.45, 7) is 1.33. The Kier molecular flexibility index (Phi) is 5.39. The van der Waals surface area contributed by atoms with Crippen LogP contribution in [0.3, 0.4) is 0 Å². The zero-order chi connectivity index (χ0) is 20.3. The zero-order valence-corrected chi connectivity index (χ0v) is 14.6. The smallest absolute Gasteiger partial charge is 0.362 e. The van der Waals surface area contributed by atoms with Crippen LogP contribution < -0.4 is 10.2 Å². The lowest BCUT2D eigenvalue weighted by Gasteiger charge is -2.35. The van der Waals surface area contributed by atoms with E-state index in [9.17, 15) is 28.1 Å². The third-order valence-corrected chi connectivity index (χ3v) is 4.43. The van der Waals surface area contributed by atoms with E-state index in [4.69, 9.17) is 0 Å². The average Bonchev–Trinajstić information content (AvgIpc) is 2.67. The average molecular weight is 394 g/mol. The van der Waals surface area contributed by atoms with Crippen molar-refractivity contribution in [2.24, 2.45) is 0 Å². The molecule has 0 saturated carbocycles. The van der Waals surface area contributed by atoms with Crippen LogP contribution in [-0.4, -0.2) is 42.0 Å². The second-order valence-electron chi connectivity index (χ2n) is 6.23. The van der Waals surface area contributed by atoms with Crippen molar-refractivity contribution in [2.45, 2.75) is 6.18 Å². The number of para-hydroxylation sites is 2. The molecule has 28 heavy (non-hydrogen) atoms. The second-order valence-corrected chi connectivity index (χ2v) is 6.23. The van der Waals surface area contributed by atoms with Crippen LogP contribution in [-0.2, 0) is 6.18 Å². The number of carbonyl (C=O) groups excluding carboxylic acids is 1. The number of amides is 2. The first-order valence-corrected chi connectivity index (χ1v) is 8.47. The van der Waals surface area contributed by atoms with Crippen molar-refractivity contribution in [2.75, 3.05) is 36.4 Å². The maximum absolute atomic E-state index is 12.8. The van der Waals surface area contributed by atoms with Crippen LogP contribution in [0.15, 0.2) is 48.5 Å². The van der Waals surface area contributed by atoms with Crippen LogP contribution in [0.2, 0.25) is 0 Å². The van der Waals surface area contributed by atoms with Crippen molar-refractivity contribution in [3.8, 4) is 0 Å². The number of nitro benzene ring substituents is 1. The maximum Gasteiger partial charge on any atom is 0.416 e. The molecule has 1 N–H and O–H groups in total. The molecule has 1 fully saturated rings. The minimum absolute atomic E-state index is 0.00985. The van der Waals surface area contributed by atoms with Crippen molar-refractivity contribution in [3.63, 3.8) is 0 Å². The lowest BCUT2D eigenvalue weighted by Crippen LogP contribution is -2.50. The highest BCUT2D eigenvalue weighted by Crippen LogP contribution is 2.31. The van der Waals surface area contributed by atoms with Crippen LogP contribution in [0.25, 0.3) is 0 Å². The molecule has 2 aromatic rings. The lowest BCUT2D eigenvalue weighted by molar-refractivity contribution is -0.384. The van der Waals surface area contributed by atoms with Gasteiger partial charge in [0.15, 0.2) is 0 Å². The SMILES string of the molecule is O=C(Nc1cccc(C(F)(F)F)c1)N1CCN(c2ccccc2[N+](=O)[O-])CC1. The molecule has 1 heterocycles. The number of halogens is 3. The molecule has 0 unspecified atom stereocenters. The Morgan fingerprint density at radius 3 is 2.36 bits per heavy atom. The Balaban J connectivity index is 1.63. The summed E-state index contributed by atoms with van der Waals surface area (Å²) in [5.74, 6) is 0. The normalized spacial score (nSPS) is 14.7. The summed E-state index contributed by atoms with van der Waals surface area (Å²) < 4.78 is 38.3. The standard InChI is InChI=1S/C18H17F3N4O3/c19-18(20,21)13-4-3-5-14(12-13)22-17(26)24-10-8-23(9-11-24)15-6-1-2-7-16(15)25(27)28/h1-7,12H,8-11H2,(H,22,26). The molecule has 2 amide bonds. The molecule has 0 bridgehead atoms. The highest BCUT2D eigenvalue weighted by Gasteiger charge is 2.31. The van der Waals surface area contributed by atoms with E-state index >= 15 is 0 Å². The summed E-state index contributed by atoms with van der Waals surface area (Å²) in [6, 6.07) is 10.3. The summed E-state index contributed by atoms with van der Waals surface area (Å²) in [5, 5.41) is 13.6. The van der Waals surface area contributed by atoms with Crippen molar-refractivity contribution in [3.05, 3.63) is 64.2 Å². The third kappa shape index (κ3) is 4.33. The molecular formula is C18H17F3N4O3. The molecule has 1 aliphatic heterocycles. The number of anilines is 2. The molecule has 2 aromatic carbocycles. The van der Waals surface area contributed by atoms with Crippen molar-refractivity contribution in [1.82, 2.24) is 4.90 Å². The Hall–Kier alpha value is -3.30. The van der Waals surface area contributed by atoms with Crippen LogP contribution in [0, 0.1) is 10.1 Å². The number of nitrogens with zero attached hydrogens (tertiary/aromatic N) is 3. The van der Waals surface area contributed by atoms with E-state index in [1.165, 1.54) is 23.1 Å². The van der Waals surface area contributed by atoms with Crippen molar-refractivity contribution >= 4 is 23.1 Å². The van der Waals surface area contributed by atoms with Gasteiger partial charge in [0, 0.05) is 37.9 Å². The monoisotopic (exact) mass is 394 g/mol. The third-order valence-electron chi connectivity index (χ3n) is 4.43. The first-order valence-electron chi connectivity index (χ1n) is 8.47. The van der Waals surface area contributed by atoms with Gasteiger partial charge in [-0.2, -0.15) is 13.2 Å². The molecule has 148 valence electrons. The Morgan fingerprint density at radius 1 is 1.04 bits per heavy atom. The lowest BCUT2D eigenvalue weighted by atomic mass is 10.2. The number of piperazine rings is 1. The number of nitro groups is 1. The number of urea groups is 1. The van der Waals surface area contributed by atoms with E-state index < -0.39 is 22.7 Å². The molecule has 0 atom stereocenters. The fourth-order valence-corrected chi connectivity index (χ4v) is 3.01. The highest BCUT2D eigenvalue weighted by atomic mass is 19.4. The predicted octanol–water partition coefficient (Wildman–Crippen LogP) is 3.97. The van der Waals surface area contributed by atoms with Crippen LogP contribution in [0.1, 0.15) is 5.56 Å². The van der Waals surface area contributed by atoms with Crippen molar-refractivity contribution in [1.29, 1.82) is 0 Å². The molecule has 1 saturated heterocycles. The van der Waals surface area contributed by atoms with Gasteiger partial charge in [-0.3, -0.25) is 10.1 Å². The van der Waals surface area contributed by atoms with Gasteiger partial charge in [0.05, 0.1) is 10.5 Å². The minimum Gasteiger partial charge on any atom is -0.362 e.